The monoisotopic (exact) mass is 804 g/mol. The van der Waals surface area contributed by atoms with Crippen LogP contribution in [0.1, 0.15) is 144 Å². The highest BCUT2D eigenvalue weighted by Gasteiger charge is 2.51. The van der Waals surface area contributed by atoms with Crippen LogP contribution in [0.2, 0.25) is 0 Å². The topological polar surface area (TPSA) is 27.6 Å². The van der Waals surface area contributed by atoms with E-state index in [1.54, 1.807) is 26.0 Å². The molecule has 58 heavy (non-hydrogen) atoms. The summed E-state index contributed by atoms with van der Waals surface area (Å²) >= 11 is 0. The van der Waals surface area contributed by atoms with Gasteiger partial charge in [0.2, 0.25) is 0 Å². The minimum Gasteiger partial charge on any atom is -0.355 e. The van der Waals surface area contributed by atoms with Crippen molar-refractivity contribution in [2.24, 2.45) is 21.7 Å². The first-order valence-corrected chi connectivity index (χ1v) is 21.7. The van der Waals surface area contributed by atoms with E-state index in [4.69, 9.17) is 0 Å². The minimum atomic E-state index is -2.98. The second-order valence-corrected chi connectivity index (χ2v) is 18.8. The normalized spacial score (nSPS) is 23.5. The van der Waals surface area contributed by atoms with Crippen molar-refractivity contribution in [2.45, 2.75) is 170 Å². The van der Waals surface area contributed by atoms with Gasteiger partial charge in [-0.25, -0.2) is 17.6 Å². The molecule has 320 valence electrons. The molecule has 2 aliphatic carbocycles. The van der Waals surface area contributed by atoms with Gasteiger partial charge in [0.15, 0.2) is 0 Å². The van der Waals surface area contributed by atoms with Crippen LogP contribution in [0.5, 0.6) is 0 Å². The van der Waals surface area contributed by atoms with Crippen molar-refractivity contribution >= 4 is 5.71 Å². The van der Waals surface area contributed by atoms with E-state index in [1.807, 2.05) is 19.9 Å². The molecule has 1 saturated carbocycles. The molecule has 0 bridgehead atoms. The maximum atomic E-state index is 16.1. The van der Waals surface area contributed by atoms with Gasteiger partial charge in [0.25, 0.3) is 5.92 Å². The molecule has 0 amide bonds. The summed E-state index contributed by atoms with van der Waals surface area (Å²) in [6, 6.07) is 5.32. The molecule has 1 saturated heterocycles. The van der Waals surface area contributed by atoms with E-state index in [9.17, 15) is 8.78 Å². The molecule has 1 aliphatic heterocycles. The van der Waals surface area contributed by atoms with Gasteiger partial charge in [-0.05, 0) is 176 Å². The third kappa shape index (κ3) is 10.3. The van der Waals surface area contributed by atoms with E-state index in [1.165, 1.54) is 38.5 Å². The lowest BCUT2D eigenvalue weighted by molar-refractivity contribution is -0.0207. The fraction of sp³-hybridized carbons (Fsp3) is 0.588. The fourth-order valence-electron chi connectivity index (χ4n) is 9.89. The lowest BCUT2D eigenvalue weighted by Gasteiger charge is -2.55. The van der Waals surface area contributed by atoms with Crippen molar-refractivity contribution in [3.63, 3.8) is 0 Å². The van der Waals surface area contributed by atoms with Crippen LogP contribution in [0.4, 0.5) is 17.6 Å². The first kappa shape index (κ1) is 47.2. The highest BCUT2D eigenvalue weighted by Crippen LogP contribution is 2.61. The van der Waals surface area contributed by atoms with Gasteiger partial charge in [0.05, 0.1) is 5.71 Å². The van der Waals surface area contributed by atoms with Crippen molar-refractivity contribution < 1.29 is 17.6 Å². The molecule has 0 radical (unpaired) electrons. The molecule has 0 aromatic heterocycles. The quantitative estimate of drug-likeness (QED) is 0.0909. The molecule has 7 heteroatoms. The number of likely N-dealkylation sites (tertiary alicyclic amines) is 1. The maximum Gasteiger partial charge on any atom is 0.251 e. The van der Waals surface area contributed by atoms with E-state index in [-0.39, 0.29) is 29.5 Å². The first-order chi connectivity index (χ1) is 27.0. The molecule has 2 fully saturated rings. The standard InChI is InChI=1S/C51H73F4N3/c1-15-49(13,53)34(5)30-45(56-16-2)43-31-42(50(14,54)55)25-26-44(43)57-39(10)46(33(3)4)38(9)51(27-19-28-51)48(11,12)32-41-24-23-40(47(52)37(41)8)22-18-29-58-35(6)20-17-21-36(58)7/h16,23-26,30,35-36,42,57H,2-3,10,15,17-22,27-29,31-32H2,1,4-9,11-14H3/b34-30+,46-38+,56-45+/t35-,36?,42?,49?/m0/s1. The molecule has 4 rings (SSSR count). The van der Waals surface area contributed by atoms with E-state index in [2.05, 4.69) is 75.6 Å². The van der Waals surface area contributed by atoms with Gasteiger partial charge in [-0.15, -0.1) is 0 Å². The molecular formula is C51H73F4N3. The van der Waals surface area contributed by atoms with Crippen LogP contribution in [0.15, 0.2) is 101 Å². The van der Waals surface area contributed by atoms with Crippen LogP contribution >= 0.6 is 0 Å². The second kappa shape index (κ2) is 18.9. The Kier molecular flexibility index (Phi) is 15.4. The molecule has 3 aliphatic rings. The van der Waals surface area contributed by atoms with Crippen LogP contribution in [0.3, 0.4) is 0 Å². The average molecular weight is 804 g/mol. The number of halogens is 4. The number of piperidine rings is 1. The molecule has 0 spiro atoms. The minimum absolute atomic E-state index is 0.00514. The summed E-state index contributed by atoms with van der Waals surface area (Å²) in [7, 11) is 0. The number of nitrogens with one attached hydrogen (secondary N) is 1. The highest BCUT2D eigenvalue weighted by atomic mass is 19.3. The molecule has 1 aromatic carbocycles. The van der Waals surface area contributed by atoms with Gasteiger partial charge >= 0.3 is 0 Å². The Bertz CT molecular complexity index is 1850. The van der Waals surface area contributed by atoms with Gasteiger partial charge in [-0.2, -0.15) is 0 Å². The molecule has 3 unspecified atom stereocenters. The molecule has 1 heterocycles. The number of benzene rings is 1. The maximum absolute atomic E-state index is 16.1. The zero-order chi connectivity index (χ0) is 43.4. The van der Waals surface area contributed by atoms with E-state index in [0.29, 0.717) is 46.8 Å². The van der Waals surface area contributed by atoms with Crippen LogP contribution in [-0.2, 0) is 12.8 Å². The van der Waals surface area contributed by atoms with Gasteiger partial charge in [0.1, 0.15) is 11.5 Å². The summed E-state index contributed by atoms with van der Waals surface area (Å²) in [5.74, 6) is -4.13. The molecule has 1 aromatic rings. The van der Waals surface area contributed by atoms with Crippen molar-refractivity contribution in [3.05, 3.63) is 118 Å². The van der Waals surface area contributed by atoms with Gasteiger partial charge < -0.3 is 5.32 Å². The molecule has 4 atom stereocenters. The third-order valence-electron chi connectivity index (χ3n) is 14.3. The van der Waals surface area contributed by atoms with Crippen molar-refractivity contribution in [2.75, 3.05) is 6.54 Å². The second-order valence-electron chi connectivity index (χ2n) is 18.8. The van der Waals surface area contributed by atoms with Crippen molar-refractivity contribution in [1.82, 2.24) is 10.2 Å². The van der Waals surface area contributed by atoms with E-state index in [0.717, 1.165) is 79.0 Å². The summed E-state index contributed by atoms with van der Waals surface area (Å²) in [6.45, 7) is 34.9. The van der Waals surface area contributed by atoms with Gasteiger partial charge in [0, 0.05) is 41.2 Å². The van der Waals surface area contributed by atoms with Crippen molar-refractivity contribution in [3.8, 4) is 0 Å². The number of hydrogen-bond donors (Lipinski definition) is 1. The van der Waals surface area contributed by atoms with Crippen LogP contribution in [-0.4, -0.2) is 40.8 Å². The predicted molar refractivity (Wildman–Crippen MR) is 239 cm³/mol. The highest BCUT2D eigenvalue weighted by molar-refractivity contribution is 6.10. The molecule has 3 nitrogen and oxygen atoms in total. The Morgan fingerprint density at radius 2 is 1.62 bits per heavy atom. The lowest BCUT2D eigenvalue weighted by atomic mass is 9.49. The number of aryl methyl sites for hydroxylation is 1. The Morgan fingerprint density at radius 1 is 1.00 bits per heavy atom. The summed E-state index contributed by atoms with van der Waals surface area (Å²) in [5, 5.41) is 3.50. The van der Waals surface area contributed by atoms with Crippen LogP contribution in [0, 0.1) is 29.5 Å². The Morgan fingerprint density at radius 3 is 2.16 bits per heavy atom. The van der Waals surface area contributed by atoms with Crippen LogP contribution < -0.4 is 5.32 Å². The Hall–Kier alpha value is -3.45. The molecular weight excluding hydrogens is 731 g/mol. The average Bonchev–Trinajstić information content (AvgIpc) is 3.11. The molecule has 1 N–H and O–H groups in total. The smallest absolute Gasteiger partial charge is 0.251 e. The van der Waals surface area contributed by atoms with Crippen molar-refractivity contribution in [1.29, 1.82) is 0 Å². The SMILES string of the molecule is C=C/N=C(\C=C(/C)C(C)(F)CC)C1=C(NC(=C)/C(C(=C)C)=C(\C)C2(C(C)(C)Cc3ccc(CCCN4C(C)CCC[C@@H]4C)c(F)c3C)CCC2)C=CC(C(C)(F)F)C1. The largest absolute Gasteiger partial charge is 0.355 e. The number of hydrogen-bond acceptors (Lipinski definition) is 3. The van der Waals surface area contributed by atoms with E-state index >= 15 is 8.78 Å². The Balaban J connectivity index is 1.66. The summed E-state index contributed by atoms with van der Waals surface area (Å²) in [6.07, 6.45) is 15.6. The van der Waals surface area contributed by atoms with Gasteiger partial charge in [-0.1, -0.05) is 77.1 Å². The fourth-order valence-corrected chi connectivity index (χ4v) is 9.89. The number of allylic oxidation sites excluding steroid dienone is 7. The number of aliphatic imine (C=N–C) groups is 1. The summed E-state index contributed by atoms with van der Waals surface area (Å²) in [5.41, 5.74) is 5.99. The van der Waals surface area contributed by atoms with Crippen LogP contribution in [0.25, 0.3) is 0 Å². The number of alkyl halides is 3. The predicted octanol–water partition coefficient (Wildman–Crippen LogP) is 14.2. The first-order valence-electron chi connectivity index (χ1n) is 21.7. The number of nitrogens with zero attached hydrogens (tertiary/aromatic N) is 2. The zero-order valence-corrected chi connectivity index (χ0v) is 37.7. The summed E-state index contributed by atoms with van der Waals surface area (Å²) < 4.78 is 61.2. The van der Waals surface area contributed by atoms with Gasteiger partial charge in [-0.3, -0.25) is 9.89 Å². The summed E-state index contributed by atoms with van der Waals surface area (Å²) in [4.78, 5) is 7.08. The Labute approximate surface area is 349 Å². The lowest BCUT2D eigenvalue weighted by Crippen LogP contribution is -2.46. The third-order valence-corrected chi connectivity index (χ3v) is 14.3. The zero-order valence-electron chi connectivity index (χ0n) is 37.7. The van der Waals surface area contributed by atoms with E-state index < -0.39 is 17.5 Å². The number of rotatable bonds is 18.